The highest BCUT2D eigenvalue weighted by molar-refractivity contribution is 5.94. The van der Waals surface area contributed by atoms with E-state index in [2.05, 4.69) is 0 Å². The van der Waals surface area contributed by atoms with Gasteiger partial charge in [-0.1, -0.05) is 18.2 Å². The minimum absolute atomic E-state index is 0.0489. The van der Waals surface area contributed by atoms with Crippen LogP contribution in [-0.4, -0.2) is 25.2 Å². The average molecular weight is 300 g/mol. The molecular formula is C17H16O5. The number of para-hydroxylation sites is 1. The van der Waals surface area contributed by atoms with E-state index in [1.54, 1.807) is 24.3 Å². The zero-order valence-electron chi connectivity index (χ0n) is 12.2. The van der Waals surface area contributed by atoms with Crippen molar-refractivity contribution in [2.24, 2.45) is 0 Å². The molecule has 0 N–H and O–H groups in total. The SMILES string of the molecule is CC(=O)c1ccc(OC(=O)OCCOc2ccccc2)cc1. The molecule has 0 aliphatic carbocycles. The third-order valence-electron chi connectivity index (χ3n) is 2.78. The molecular weight excluding hydrogens is 284 g/mol. The second-order valence-corrected chi connectivity index (χ2v) is 4.44. The van der Waals surface area contributed by atoms with Gasteiger partial charge in [-0.15, -0.1) is 0 Å². The fourth-order valence-corrected chi connectivity index (χ4v) is 1.68. The first-order valence-corrected chi connectivity index (χ1v) is 6.78. The average Bonchev–Trinajstić information content (AvgIpc) is 2.53. The van der Waals surface area contributed by atoms with Crippen molar-refractivity contribution in [3.63, 3.8) is 0 Å². The van der Waals surface area contributed by atoms with Gasteiger partial charge in [0.25, 0.3) is 0 Å². The van der Waals surface area contributed by atoms with Crippen molar-refractivity contribution in [2.75, 3.05) is 13.2 Å². The zero-order valence-corrected chi connectivity index (χ0v) is 12.2. The minimum atomic E-state index is -0.813. The van der Waals surface area contributed by atoms with Crippen molar-refractivity contribution in [3.8, 4) is 11.5 Å². The van der Waals surface area contributed by atoms with Crippen molar-refractivity contribution in [2.45, 2.75) is 6.92 Å². The zero-order chi connectivity index (χ0) is 15.8. The molecule has 0 heterocycles. The van der Waals surface area contributed by atoms with Gasteiger partial charge in [-0.3, -0.25) is 4.79 Å². The molecule has 0 saturated carbocycles. The number of carbonyl (C=O) groups excluding carboxylic acids is 2. The summed E-state index contributed by atoms with van der Waals surface area (Å²) in [4.78, 5) is 22.6. The molecule has 0 bridgehead atoms. The van der Waals surface area contributed by atoms with Gasteiger partial charge < -0.3 is 14.2 Å². The van der Waals surface area contributed by atoms with Crippen LogP contribution >= 0.6 is 0 Å². The Kier molecular flexibility index (Phi) is 5.54. The lowest BCUT2D eigenvalue weighted by Gasteiger charge is -2.07. The molecule has 22 heavy (non-hydrogen) atoms. The third kappa shape index (κ3) is 4.94. The molecule has 5 heteroatoms. The first-order chi connectivity index (χ1) is 10.6. The largest absolute Gasteiger partial charge is 0.513 e. The molecule has 0 aromatic heterocycles. The fraction of sp³-hybridized carbons (Fsp3) is 0.176. The minimum Gasteiger partial charge on any atom is -0.490 e. The number of rotatable bonds is 6. The maximum Gasteiger partial charge on any atom is 0.513 e. The van der Waals surface area contributed by atoms with E-state index in [1.807, 2.05) is 30.3 Å². The molecule has 0 amide bonds. The predicted molar refractivity (Wildman–Crippen MR) is 80.4 cm³/mol. The molecule has 0 spiro atoms. The van der Waals surface area contributed by atoms with E-state index in [-0.39, 0.29) is 19.0 Å². The van der Waals surface area contributed by atoms with Crippen LogP contribution in [0.2, 0.25) is 0 Å². The maximum atomic E-state index is 11.5. The van der Waals surface area contributed by atoms with Crippen LogP contribution in [0.1, 0.15) is 17.3 Å². The van der Waals surface area contributed by atoms with Gasteiger partial charge in [0.2, 0.25) is 0 Å². The summed E-state index contributed by atoms with van der Waals surface area (Å²) >= 11 is 0. The number of benzene rings is 2. The molecule has 0 saturated heterocycles. The molecule has 2 aromatic rings. The van der Waals surface area contributed by atoms with E-state index in [0.717, 1.165) is 0 Å². The molecule has 5 nitrogen and oxygen atoms in total. The molecule has 0 atom stereocenters. The van der Waals surface area contributed by atoms with Gasteiger partial charge in [-0.2, -0.15) is 0 Å². The van der Waals surface area contributed by atoms with Crippen LogP contribution in [0.15, 0.2) is 54.6 Å². The van der Waals surface area contributed by atoms with E-state index < -0.39 is 6.16 Å². The van der Waals surface area contributed by atoms with Gasteiger partial charge >= 0.3 is 6.16 Å². The monoisotopic (exact) mass is 300 g/mol. The van der Waals surface area contributed by atoms with E-state index in [1.165, 1.54) is 6.92 Å². The van der Waals surface area contributed by atoms with E-state index >= 15 is 0 Å². The summed E-state index contributed by atoms with van der Waals surface area (Å²) in [6, 6.07) is 15.5. The van der Waals surface area contributed by atoms with Crippen LogP contribution in [-0.2, 0) is 4.74 Å². The Morgan fingerprint density at radius 3 is 2.18 bits per heavy atom. The van der Waals surface area contributed by atoms with Crippen molar-refractivity contribution in [1.29, 1.82) is 0 Å². The smallest absolute Gasteiger partial charge is 0.490 e. The Labute approximate surface area is 128 Å². The molecule has 0 aliphatic rings. The highest BCUT2D eigenvalue weighted by Crippen LogP contribution is 2.13. The predicted octanol–water partition coefficient (Wildman–Crippen LogP) is 3.48. The summed E-state index contributed by atoms with van der Waals surface area (Å²) in [6.07, 6.45) is -0.813. The summed E-state index contributed by atoms with van der Waals surface area (Å²) in [6.45, 7) is 1.79. The number of Topliss-reactive ketones (excluding diaryl/α,β-unsaturated/α-hetero) is 1. The van der Waals surface area contributed by atoms with Crippen LogP contribution in [0.25, 0.3) is 0 Å². The number of ketones is 1. The first-order valence-electron chi connectivity index (χ1n) is 6.78. The second kappa shape index (κ2) is 7.83. The lowest BCUT2D eigenvalue weighted by molar-refractivity contribution is 0.0848. The maximum absolute atomic E-state index is 11.5. The van der Waals surface area contributed by atoms with Gasteiger partial charge in [0, 0.05) is 5.56 Å². The van der Waals surface area contributed by atoms with Crippen molar-refractivity contribution in [1.82, 2.24) is 0 Å². The Balaban J connectivity index is 1.70. The van der Waals surface area contributed by atoms with E-state index in [9.17, 15) is 9.59 Å². The number of hydrogen-bond donors (Lipinski definition) is 0. The molecule has 114 valence electrons. The highest BCUT2D eigenvalue weighted by Gasteiger charge is 2.07. The molecule has 0 unspecified atom stereocenters. The highest BCUT2D eigenvalue weighted by atomic mass is 16.7. The summed E-state index contributed by atoms with van der Waals surface area (Å²) in [5, 5.41) is 0. The van der Waals surface area contributed by atoms with Crippen LogP contribution in [0.4, 0.5) is 4.79 Å². The molecule has 0 radical (unpaired) electrons. The van der Waals surface area contributed by atoms with Crippen molar-refractivity contribution >= 4 is 11.9 Å². The Morgan fingerprint density at radius 1 is 0.864 bits per heavy atom. The standard InChI is InChI=1S/C17H16O5/c1-13(18)14-7-9-16(10-8-14)22-17(19)21-12-11-20-15-5-3-2-4-6-15/h2-10H,11-12H2,1H3. The van der Waals surface area contributed by atoms with Crippen molar-refractivity contribution in [3.05, 3.63) is 60.2 Å². The first kappa shape index (κ1) is 15.6. The third-order valence-corrected chi connectivity index (χ3v) is 2.78. The number of carbonyl (C=O) groups is 2. The lowest BCUT2D eigenvalue weighted by Crippen LogP contribution is -2.15. The van der Waals surface area contributed by atoms with Gasteiger partial charge in [0.05, 0.1) is 0 Å². The van der Waals surface area contributed by atoms with Crippen LogP contribution < -0.4 is 9.47 Å². The normalized spacial score (nSPS) is 9.86. The molecule has 2 rings (SSSR count). The summed E-state index contributed by atoms with van der Waals surface area (Å²) in [7, 11) is 0. The van der Waals surface area contributed by atoms with E-state index in [0.29, 0.717) is 17.1 Å². The molecule has 2 aromatic carbocycles. The van der Waals surface area contributed by atoms with Gasteiger partial charge in [-0.25, -0.2) is 4.79 Å². The van der Waals surface area contributed by atoms with E-state index in [4.69, 9.17) is 14.2 Å². The number of hydrogen-bond acceptors (Lipinski definition) is 5. The second-order valence-electron chi connectivity index (χ2n) is 4.44. The fourth-order valence-electron chi connectivity index (χ4n) is 1.68. The van der Waals surface area contributed by atoms with Gasteiger partial charge in [0.15, 0.2) is 5.78 Å². The topological polar surface area (TPSA) is 61.8 Å². The summed E-state index contributed by atoms with van der Waals surface area (Å²) in [5.41, 5.74) is 0.553. The Hall–Kier alpha value is -2.82. The number of ether oxygens (including phenoxy) is 3. The lowest BCUT2D eigenvalue weighted by atomic mass is 10.1. The van der Waals surface area contributed by atoms with Crippen LogP contribution in [0.5, 0.6) is 11.5 Å². The van der Waals surface area contributed by atoms with Crippen molar-refractivity contribution < 1.29 is 23.8 Å². The summed E-state index contributed by atoms with van der Waals surface area (Å²) in [5.74, 6) is 0.977. The van der Waals surface area contributed by atoms with Crippen LogP contribution in [0.3, 0.4) is 0 Å². The van der Waals surface area contributed by atoms with Gasteiger partial charge in [0.1, 0.15) is 24.7 Å². The Morgan fingerprint density at radius 2 is 1.55 bits per heavy atom. The summed E-state index contributed by atoms with van der Waals surface area (Å²) < 4.78 is 15.2. The van der Waals surface area contributed by atoms with Gasteiger partial charge in [-0.05, 0) is 43.3 Å². The quantitative estimate of drug-likeness (QED) is 0.354. The molecule has 0 fully saturated rings. The molecule has 0 aliphatic heterocycles. The Bertz CT molecular complexity index is 619. The van der Waals surface area contributed by atoms with Crippen LogP contribution in [0, 0.1) is 0 Å².